The largest absolute Gasteiger partial charge is 0.453 e. The second-order valence-electron chi connectivity index (χ2n) is 4.06. The molecule has 0 fully saturated rings. The van der Waals surface area contributed by atoms with Crippen molar-refractivity contribution in [2.45, 2.75) is 25.6 Å². The number of carbonyl (C=O) groups is 1. The number of halogens is 3. The molecule has 19 heavy (non-hydrogen) atoms. The Morgan fingerprint density at radius 2 is 1.79 bits per heavy atom. The highest BCUT2D eigenvalue weighted by molar-refractivity contribution is 5.84. The molecule has 1 amide bonds. The first-order valence-corrected chi connectivity index (χ1v) is 5.58. The maximum atomic E-state index is 12.2. The maximum Gasteiger partial charge on any atom is 0.411 e. The van der Waals surface area contributed by atoms with E-state index >= 15 is 0 Å². The number of anilines is 2. The zero-order valence-corrected chi connectivity index (χ0v) is 10.5. The van der Waals surface area contributed by atoms with Gasteiger partial charge < -0.3 is 10.1 Å². The van der Waals surface area contributed by atoms with E-state index in [-0.39, 0.29) is 0 Å². The fraction of sp³-hybridized carbons (Fsp3) is 0.417. The SMILES string of the molecule is COC(=O)Nc1ccc(N[C@@H](C)CC(F)(F)F)cc1. The van der Waals surface area contributed by atoms with Crippen LogP contribution in [0.25, 0.3) is 0 Å². The summed E-state index contributed by atoms with van der Waals surface area (Å²) in [7, 11) is 1.24. The Bertz CT molecular complexity index is 418. The van der Waals surface area contributed by atoms with Gasteiger partial charge >= 0.3 is 12.3 Å². The number of hydrogen-bond acceptors (Lipinski definition) is 3. The van der Waals surface area contributed by atoms with E-state index in [4.69, 9.17) is 0 Å². The van der Waals surface area contributed by atoms with Crippen LogP contribution in [0.1, 0.15) is 13.3 Å². The van der Waals surface area contributed by atoms with Crippen molar-refractivity contribution in [1.82, 2.24) is 0 Å². The van der Waals surface area contributed by atoms with Crippen molar-refractivity contribution < 1.29 is 22.7 Å². The lowest BCUT2D eigenvalue weighted by atomic mass is 10.2. The van der Waals surface area contributed by atoms with Crippen molar-refractivity contribution in [3.05, 3.63) is 24.3 Å². The molecular weight excluding hydrogens is 261 g/mol. The molecule has 0 saturated carbocycles. The van der Waals surface area contributed by atoms with Crippen LogP contribution in [0.4, 0.5) is 29.3 Å². The van der Waals surface area contributed by atoms with Gasteiger partial charge in [-0.25, -0.2) is 4.79 Å². The molecule has 0 aromatic heterocycles. The smallest absolute Gasteiger partial charge is 0.411 e. The van der Waals surface area contributed by atoms with Crippen LogP contribution in [0.5, 0.6) is 0 Å². The van der Waals surface area contributed by atoms with Crippen molar-refractivity contribution in [3.8, 4) is 0 Å². The van der Waals surface area contributed by atoms with Crippen LogP contribution >= 0.6 is 0 Å². The van der Waals surface area contributed by atoms with Gasteiger partial charge in [-0.3, -0.25) is 5.32 Å². The minimum Gasteiger partial charge on any atom is -0.453 e. The second-order valence-corrected chi connectivity index (χ2v) is 4.06. The Morgan fingerprint density at radius 3 is 2.26 bits per heavy atom. The first-order chi connectivity index (χ1) is 8.80. The third kappa shape index (κ3) is 5.98. The van der Waals surface area contributed by atoms with E-state index in [0.29, 0.717) is 11.4 Å². The highest BCUT2D eigenvalue weighted by atomic mass is 19.4. The molecular formula is C12H15F3N2O2. The van der Waals surface area contributed by atoms with Gasteiger partial charge in [-0.05, 0) is 31.2 Å². The van der Waals surface area contributed by atoms with Gasteiger partial charge in [0.1, 0.15) is 0 Å². The molecule has 0 aliphatic carbocycles. The lowest BCUT2D eigenvalue weighted by Crippen LogP contribution is -2.23. The Labute approximate surface area is 108 Å². The van der Waals surface area contributed by atoms with Crippen molar-refractivity contribution in [2.24, 2.45) is 0 Å². The van der Waals surface area contributed by atoms with Gasteiger partial charge in [0.15, 0.2) is 0 Å². The average molecular weight is 276 g/mol. The lowest BCUT2D eigenvalue weighted by molar-refractivity contribution is -0.136. The molecule has 2 N–H and O–H groups in total. The molecule has 0 unspecified atom stereocenters. The van der Waals surface area contributed by atoms with E-state index in [2.05, 4.69) is 15.4 Å². The lowest BCUT2D eigenvalue weighted by Gasteiger charge is -2.17. The molecule has 7 heteroatoms. The number of hydrogen-bond donors (Lipinski definition) is 2. The molecule has 1 atom stereocenters. The predicted octanol–water partition coefficient (Wildman–Crippen LogP) is 3.62. The molecule has 1 aromatic rings. The van der Waals surface area contributed by atoms with E-state index in [1.807, 2.05) is 0 Å². The number of carbonyl (C=O) groups excluding carboxylic acids is 1. The van der Waals surface area contributed by atoms with Gasteiger partial charge in [-0.15, -0.1) is 0 Å². The highest BCUT2D eigenvalue weighted by Gasteiger charge is 2.29. The summed E-state index contributed by atoms with van der Waals surface area (Å²) in [4.78, 5) is 10.9. The first-order valence-electron chi connectivity index (χ1n) is 5.58. The van der Waals surface area contributed by atoms with Gasteiger partial charge in [0.2, 0.25) is 0 Å². The van der Waals surface area contributed by atoms with Crippen LogP contribution in [0.15, 0.2) is 24.3 Å². The van der Waals surface area contributed by atoms with Gasteiger partial charge in [0.25, 0.3) is 0 Å². The summed E-state index contributed by atoms with van der Waals surface area (Å²) >= 11 is 0. The Kier molecular flexibility index (Phi) is 5.02. The van der Waals surface area contributed by atoms with Crippen molar-refractivity contribution in [2.75, 3.05) is 17.7 Å². The third-order valence-electron chi connectivity index (χ3n) is 2.27. The fourth-order valence-corrected chi connectivity index (χ4v) is 1.50. The maximum absolute atomic E-state index is 12.2. The predicted molar refractivity (Wildman–Crippen MR) is 66.2 cm³/mol. The topological polar surface area (TPSA) is 50.4 Å². The minimum absolute atomic E-state index is 0.501. The van der Waals surface area contributed by atoms with Crippen molar-refractivity contribution in [1.29, 1.82) is 0 Å². The molecule has 106 valence electrons. The van der Waals surface area contributed by atoms with Crippen LogP contribution in [-0.2, 0) is 4.74 Å². The number of rotatable bonds is 4. The minimum atomic E-state index is -4.20. The summed E-state index contributed by atoms with van der Waals surface area (Å²) in [6.45, 7) is 1.45. The molecule has 0 radical (unpaired) electrons. The Morgan fingerprint density at radius 1 is 1.26 bits per heavy atom. The van der Waals surface area contributed by atoms with Gasteiger partial charge in [-0.2, -0.15) is 13.2 Å². The average Bonchev–Trinajstić information content (AvgIpc) is 2.29. The summed E-state index contributed by atoms with van der Waals surface area (Å²) in [5.74, 6) is 0. The number of benzene rings is 1. The van der Waals surface area contributed by atoms with Crippen molar-refractivity contribution in [3.63, 3.8) is 0 Å². The van der Waals surface area contributed by atoms with E-state index in [1.54, 1.807) is 24.3 Å². The highest BCUT2D eigenvalue weighted by Crippen LogP contribution is 2.23. The summed E-state index contributed by atoms with van der Waals surface area (Å²) in [5.41, 5.74) is 1.05. The number of ether oxygens (including phenoxy) is 1. The zero-order chi connectivity index (χ0) is 14.5. The van der Waals surface area contributed by atoms with Crippen LogP contribution in [0.2, 0.25) is 0 Å². The standard InChI is InChI=1S/C12H15F3N2O2/c1-8(7-12(13,14)15)16-9-3-5-10(6-4-9)17-11(18)19-2/h3-6,8,16H,7H2,1-2H3,(H,17,18)/t8-/m0/s1. The van der Waals surface area contributed by atoms with Gasteiger partial charge in [-0.1, -0.05) is 0 Å². The van der Waals surface area contributed by atoms with E-state index in [9.17, 15) is 18.0 Å². The quantitative estimate of drug-likeness (QED) is 0.883. The van der Waals surface area contributed by atoms with Gasteiger partial charge in [0.05, 0.1) is 13.5 Å². The molecule has 0 saturated heterocycles. The fourth-order valence-electron chi connectivity index (χ4n) is 1.50. The summed E-state index contributed by atoms with van der Waals surface area (Å²) < 4.78 is 40.9. The van der Waals surface area contributed by atoms with Crippen LogP contribution in [0, 0.1) is 0 Å². The van der Waals surface area contributed by atoms with Crippen LogP contribution in [0.3, 0.4) is 0 Å². The Hall–Kier alpha value is -1.92. The van der Waals surface area contributed by atoms with Crippen LogP contribution < -0.4 is 10.6 Å². The number of methoxy groups -OCH3 is 1. The number of alkyl halides is 3. The molecule has 0 aliphatic heterocycles. The third-order valence-corrected chi connectivity index (χ3v) is 2.27. The molecule has 0 aliphatic rings. The van der Waals surface area contributed by atoms with E-state index in [1.165, 1.54) is 14.0 Å². The van der Waals surface area contributed by atoms with Crippen LogP contribution in [-0.4, -0.2) is 25.4 Å². The normalized spacial score (nSPS) is 12.7. The summed E-state index contributed by atoms with van der Waals surface area (Å²) in [5, 5.41) is 5.17. The molecule has 1 rings (SSSR count). The summed E-state index contributed by atoms with van der Waals surface area (Å²) in [6.07, 6.45) is -5.71. The molecule has 0 spiro atoms. The number of amides is 1. The first kappa shape index (κ1) is 15.1. The second kappa shape index (κ2) is 6.31. The van der Waals surface area contributed by atoms with E-state index in [0.717, 1.165) is 0 Å². The Balaban J connectivity index is 2.54. The molecule has 1 aromatic carbocycles. The monoisotopic (exact) mass is 276 g/mol. The van der Waals surface area contributed by atoms with Gasteiger partial charge in [0, 0.05) is 17.4 Å². The van der Waals surface area contributed by atoms with Crippen molar-refractivity contribution >= 4 is 17.5 Å². The molecule has 4 nitrogen and oxygen atoms in total. The molecule has 0 bridgehead atoms. The molecule has 0 heterocycles. The summed E-state index contributed by atoms with van der Waals surface area (Å²) in [6, 6.07) is 5.58. The number of nitrogens with one attached hydrogen (secondary N) is 2. The zero-order valence-electron chi connectivity index (χ0n) is 10.5. The van der Waals surface area contributed by atoms with E-state index < -0.39 is 24.7 Å².